The van der Waals surface area contributed by atoms with Crippen molar-refractivity contribution in [3.8, 4) is 0 Å². The summed E-state index contributed by atoms with van der Waals surface area (Å²) in [5.74, 6) is -0.482. The first-order valence-electron chi connectivity index (χ1n) is 6.87. The fourth-order valence-corrected chi connectivity index (χ4v) is 1.97. The van der Waals surface area contributed by atoms with Crippen molar-refractivity contribution in [1.82, 2.24) is 5.32 Å². The molecule has 2 atom stereocenters. The molecule has 0 radical (unpaired) electrons. The van der Waals surface area contributed by atoms with Crippen molar-refractivity contribution < 1.29 is 19.4 Å². The van der Waals surface area contributed by atoms with Crippen LogP contribution in [0.15, 0.2) is 24.3 Å². The summed E-state index contributed by atoms with van der Waals surface area (Å²) >= 11 is 0. The van der Waals surface area contributed by atoms with Gasteiger partial charge in [-0.05, 0) is 30.0 Å². The molecule has 0 heterocycles. The van der Waals surface area contributed by atoms with Crippen molar-refractivity contribution in [3.05, 3.63) is 35.6 Å². The Bertz CT molecular complexity index is 425. The lowest BCUT2D eigenvalue weighted by Crippen LogP contribution is -2.30. The first kappa shape index (κ1) is 16.6. The molecule has 20 heavy (non-hydrogen) atoms. The number of hydrogen-bond donors (Lipinski definition) is 3. The van der Waals surface area contributed by atoms with E-state index >= 15 is 0 Å². The Hall–Kier alpha value is -1.46. The average molecular weight is 283 g/mol. The molecule has 1 rings (SSSR count). The smallest absolute Gasteiger partial charge is 0.222 e. The van der Waals surface area contributed by atoms with E-state index in [1.807, 2.05) is 6.92 Å². The lowest BCUT2D eigenvalue weighted by atomic mass is 10.0. The number of carbonyl (C=O) groups excluding carboxylic acids is 1. The largest absolute Gasteiger partial charge is 0.396 e. The first-order valence-corrected chi connectivity index (χ1v) is 6.87. The van der Waals surface area contributed by atoms with Crippen LogP contribution in [0, 0.1) is 11.7 Å². The third-order valence-electron chi connectivity index (χ3n) is 3.31. The van der Waals surface area contributed by atoms with Crippen molar-refractivity contribution in [2.24, 2.45) is 5.92 Å². The third kappa shape index (κ3) is 5.67. The average Bonchev–Trinajstić information content (AvgIpc) is 2.43. The Morgan fingerprint density at radius 3 is 2.80 bits per heavy atom. The predicted octanol–water partition coefficient (Wildman–Crippen LogP) is 1.77. The molecular weight excluding hydrogens is 261 g/mol. The molecule has 2 unspecified atom stereocenters. The van der Waals surface area contributed by atoms with Crippen LogP contribution in [0.5, 0.6) is 0 Å². The maximum atomic E-state index is 13.0. The van der Waals surface area contributed by atoms with Gasteiger partial charge in [0.2, 0.25) is 5.91 Å². The number of hydrogen-bond acceptors (Lipinski definition) is 3. The SMILES string of the molecule is CCC(CCO)CNC(=O)CC(O)c1cccc(F)c1. The minimum atomic E-state index is -1.01. The molecule has 0 bridgehead atoms. The van der Waals surface area contributed by atoms with Gasteiger partial charge in [-0.3, -0.25) is 4.79 Å². The van der Waals surface area contributed by atoms with E-state index in [0.29, 0.717) is 18.5 Å². The van der Waals surface area contributed by atoms with Gasteiger partial charge >= 0.3 is 0 Å². The molecule has 5 heteroatoms. The summed E-state index contributed by atoms with van der Waals surface area (Å²) < 4.78 is 13.0. The zero-order valence-corrected chi connectivity index (χ0v) is 11.7. The first-order chi connectivity index (χ1) is 9.56. The van der Waals surface area contributed by atoms with Crippen molar-refractivity contribution in [3.63, 3.8) is 0 Å². The normalized spacial score (nSPS) is 13.8. The number of amides is 1. The Kier molecular flexibility index (Phi) is 7.18. The Morgan fingerprint density at radius 2 is 2.20 bits per heavy atom. The molecular formula is C15H22FNO3. The van der Waals surface area contributed by atoms with Crippen LogP contribution in [0.3, 0.4) is 0 Å². The standard InChI is InChI=1S/C15H22FNO3/c1-2-11(6-7-18)10-17-15(20)9-14(19)12-4-3-5-13(16)8-12/h3-5,8,11,14,18-19H,2,6-7,9-10H2,1H3,(H,17,20). The fraction of sp³-hybridized carbons (Fsp3) is 0.533. The molecule has 112 valence electrons. The maximum absolute atomic E-state index is 13.0. The van der Waals surface area contributed by atoms with E-state index < -0.39 is 11.9 Å². The van der Waals surface area contributed by atoms with E-state index in [9.17, 15) is 14.3 Å². The molecule has 1 aromatic carbocycles. The summed E-state index contributed by atoms with van der Waals surface area (Å²) in [7, 11) is 0. The highest BCUT2D eigenvalue weighted by Crippen LogP contribution is 2.17. The van der Waals surface area contributed by atoms with Gasteiger partial charge in [0.05, 0.1) is 12.5 Å². The second-order valence-electron chi connectivity index (χ2n) is 4.87. The monoisotopic (exact) mass is 283 g/mol. The maximum Gasteiger partial charge on any atom is 0.222 e. The number of carbonyl (C=O) groups is 1. The van der Waals surface area contributed by atoms with Crippen molar-refractivity contribution in [2.45, 2.75) is 32.3 Å². The van der Waals surface area contributed by atoms with Gasteiger partial charge < -0.3 is 15.5 Å². The number of rotatable bonds is 8. The van der Waals surface area contributed by atoms with Crippen LogP contribution in [-0.4, -0.2) is 29.3 Å². The van der Waals surface area contributed by atoms with Crippen LogP contribution >= 0.6 is 0 Å². The Labute approximate surface area is 118 Å². The highest BCUT2D eigenvalue weighted by atomic mass is 19.1. The Balaban J connectivity index is 2.42. The van der Waals surface area contributed by atoms with Crippen LogP contribution in [0.25, 0.3) is 0 Å². The van der Waals surface area contributed by atoms with Gasteiger partial charge in [0.15, 0.2) is 0 Å². The van der Waals surface area contributed by atoms with Gasteiger partial charge in [0, 0.05) is 13.2 Å². The molecule has 0 saturated heterocycles. The fourth-order valence-electron chi connectivity index (χ4n) is 1.97. The number of benzene rings is 1. The summed E-state index contributed by atoms with van der Waals surface area (Å²) in [6, 6.07) is 5.59. The molecule has 0 aromatic heterocycles. The zero-order chi connectivity index (χ0) is 15.0. The van der Waals surface area contributed by atoms with E-state index in [4.69, 9.17) is 5.11 Å². The number of nitrogens with one attached hydrogen (secondary N) is 1. The molecule has 1 aromatic rings. The summed E-state index contributed by atoms with van der Waals surface area (Å²) in [5.41, 5.74) is 0.391. The molecule has 0 aliphatic carbocycles. The minimum Gasteiger partial charge on any atom is -0.396 e. The van der Waals surface area contributed by atoms with Crippen LogP contribution in [0.2, 0.25) is 0 Å². The van der Waals surface area contributed by atoms with Gasteiger partial charge in [0.25, 0.3) is 0 Å². The van der Waals surface area contributed by atoms with E-state index in [2.05, 4.69) is 5.32 Å². The van der Waals surface area contributed by atoms with Crippen molar-refractivity contribution in [1.29, 1.82) is 0 Å². The Morgan fingerprint density at radius 1 is 1.45 bits per heavy atom. The van der Waals surface area contributed by atoms with Crippen LogP contribution in [0.4, 0.5) is 4.39 Å². The van der Waals surface area contributed by atoms with Gasteiger partial charge in [0.1, 0.15) is 5.82 Å². The quantitative estimate of drug-likeness (QED) is 0.681. The molecule has 0 saturated carbocycles. The molecule has 0 aliphatic heterocycles. The highest BCUT2D eigenvalue weighted by Gasteiger charge is 2.14. The number of aliphatic hydroxyl groups excluding tert-OH is 2. The lowest BCUT2D eigenvalue weighted by Gasteiger charge is -2.16. The highest BCUT2D eigenvalue weighted by molar-refractivity contribution is 5.76. The second kappa shape index (κ2) is 8.66. The third-order valence-corrected chi connectivity index (χ3v) is 3.31. The molecule has 1 amide bonds. The number of aliphatic hydroxyl groups is 2. The van der Waals surface area contributed by atoms with Crippen molar-refractivity contribution in [2.75, 3.05) is 13.2 Å². The van der Waals surface area contributed by atoms with Gasteiger partial charge in [-0.2, -0.15) is 0 Å². The molecule has 3 N–H and O–H groups in total. The van der Waals surface area contributed by atoms with Crippen LogP contribution in [0.1, 0.15) is 37.9 Å². The summed E-state index contributed by atoms with van der Waals surface area (Å²) in [6.07, 6.45) is 0.402. The van der Waals surface area contributed by atoms with E-state index in [-0.39, 0.29) is 24.9 Å². The minimum absolute atomic E-state index is 0.0975. The molecule has 4 nitrogen and oxygen atoms in total. The van der Waals surface area contributed by atoms with Crippen molar-refractivity contribution >= 4 is 5.91 Å². The molecule has 0 aliphatic rings. The van der Waals surface area contributed by atoms with E-state index in [1.165, 1.54) is 18.2 Å². The zero-order valence-electron chi connectivity index (χ0n) is 11.7. The van der Waals surface area contributed by atoms with E-state index in [1.54, 1.807) is 6.07 Å². The predicted molar refractivity (Wildman–Crippen MR) is 74.5 cm³/mol. The topological polar surface area (TPSA) is 69.6 Å². The van der Waals surface area contributed by atoms with Crippen LogP contribution in [-0.2, 0) is 4.79 Å². The number of halogens is 1. The second-order valence-corrected chi connectivity index (χ2v) is 4.87. The molecule has 0 spiro atoms. The lowest BCUT2D eigenvalue weighted by molar-refractivity contribution is -0.123. The summed E-state index contributed by atoms with van der Waals surface area (Å²) in [4.78, 5) is 11.7. The van der Waals surface area contributed by atoms with Crippen LogP contribution < -0.4 is 5.32 Å². The van der Waals surface area contributed by atoms with Gasteiger partial charge in [-0.1, -0.05) is 25.5 Å². The van der Waals surface area contributed by atoms with E-state index in [0.717, 1.165) is 6.42 Å². The molecule has 0 fully saturated rings. The summed E-state index contributed by atoms with van der Waals surface area (Å²) in [6.45, 7) is 2.57. The van der Waals surface area contributed by atoms with Gasteiger partial charge in [-0.15, -0.1) is 0 Å². The van der Waals surface area contributed by atoms with Gasteiger partial charge in [-0.25, -0.2) is 4.39 Å². The summed E-state index contributed by atoms with van der Waals surface area (Å²) in [5, 5.41) is 21.5.